The Bertz CT molecular complexity index is 1200. The van der Waals surface area contributed by atoms with E-state index in [1.807, 2.05) is 13.8 Å². The summed E-state index contributed by atoms with van der Waals surface area (Å²) in [5, 5.41) is 4.73. The third kappa shape index (κ3) is 3.78. The van der Waals surface area contributed by atoms with Crippen LogP contribution < -0.4 is 5.56 Å². The monoisotopic (exact) mass is 441 g/mol. The molecular weight excluding hydrogens is 418 g/mol. The Labute approximate surface area is 182 Å². The van der Waals surface area contributed by atoms with Crippen molar-refractivity contribution in [2.45, 2.75) is 20.8 Å². The topological polar surface area (TPSA) is 102 Å². The van der Waals surface area contributed by atoms with E-state index in [0.717, 1.165) is 11.3 Å². The number of rotatable bonds is 3. The second kappa shape index (κ2) is 8.10. The zero-order valence-corrected chi connectivity index (χ0v) is 18.7. The van der Waals surface area contributed by atoms with Crippen LogP contribution in [0.2, 0.25) is 0 Å². The molecule has 0 spiro atoms. The van der Waals surface area contributed by atoms with Gasteiger partial charge in [0.25, 0.3) is 17.4 Å². The molecule has 0 bridgehead atoms. The summed E-state index contributed by atoms with van der Waals surface area (Å²) in [5.41, 5.74) is 2.35. The second-order valence-electron chi connectivity index (χ2n) is 7.51. The van der Waals surface area contributed by atoms with Gasteiger partial charge in [0.1, 0.15) is 9.88 Å². The molecular formula is C21H23N5O4S. The van der Waals surface area contributed by atoms with Gasteiger partial charge in [0.05, 0.1) is 23.2 Å². The van der Waals surface area contributed by atoms with E-state index >= 15 is 0 Å². The van der Waals surface area contributed by atoms with Crippen molar-refractivity contribution in [3.05, 3.63) is 56.3 Å². The van der Waals surface area contributed by atoms with Gasteiger partial charge >= 0.3 is 0 Å². The van der Waals surface area contributed by atoms with Gasteiger partial charge in [-0.2, -0.15) is 5.10 Å². The molecule has 1 fully saturated rings. The molecule has 162 valence electrons. The first-order chi connectivity index (χ1) is 14.8. The van der Waals surface area contributed by atoms with Gasteiger partial charge in [-0.3, -0.25) is 14.4 Å². The lowest BCUT2D eigenvalue weighted by Crippen LogP contribution is -2.50. The van der Waals surface area contributed by atoms with Crippen LogP contribution in [0.1, 0.15) is 37.2 Å². The molecule has 4 rings (SSSR count). The average Bonchev–Trinajstić information content (AvgIpc) is 3.42. The number of carbonyl (C=O) groups excluding carboxylic acids is 2. The van der Waals surface area contributed by atoms with Crippen molar-refractivity contribution in [1.82, 2.24) is 24.6 Å². The molecule has 0 saturated carbocycles. The van der Waals surface area contributed by atoms with Crippen LogP contribution in [-0.2, 0) is 7.05 Å². The largest absolute Gasteiger partial charge is 0.459 e. The summed E-state index contributed by atoms with van der Waals surface area (Å²) in [5.74, 6) is -0.00773. The molecule has 1 aliphatic rings. The van der Waals surface area contributed by atoms with Crippen molar-refractivity contribution in [2.75, 3.05) is 26.2 Å². The highest BCUT2D eigenvalue weighted by atomic mass is 32.1. The lowest BCUT2D eigenvalue weighted by Gasteiger charge is -2.34. The Morgan fingerprint density at radius 3 is 2.29 bits per heavy atom. The highest BCUT2D eigenvalue weighted by Gasteiger charge is 2.29. The van der Waals surface area contributed by atoms with Crippen molar-refractivity contribution >= 4 is 23.2 Å². The third-order valence-corrected chi connectivity index (χ3v) is 6.68. The van der Waals surface area contributed by atoms with Crippen LogP contribution in [0.3, 0.4) is 0 Å². The lowest BCUT2D eigenvalue weighted by molar-refractivity contribution is 0.0520. The number of piperazine rings is 1. The average molecular weight is 442 g/mol. The summed E-state index contributed by atoms with van der Waals surface area (Å²) < 4.78 is 6.48. The molecule has 0 unspecified atom stereocenters. The Morgan fingerprint density at radius 2 is 1.68 bits per heavy atom. The van der Waals surface area contributed by atoms with Crippen LogP contribution in [-0.4, -0.2) is 62.6 Å². The van der Waals surface area contributed by atoms with Gasteiger partial charge in [-0.25, -0.2) is 9.67 Å². The van der Waals surface area contributed by atoms with Crippen LogP contribution in [0.25, 0.3) is 10.6 Å². The molecule has 10 heteroatoms. The van der Waals surface area contributed by atoms with Gasteiger partial charge in [0.15, 0.2) is 5.76 Å². The van der Waals surface area contributed by atoms with Crippen molar-refractivity contribution in [3.8, 4) is 10.6 Å². The van der Waals surface area contributed by atoms with E-state index in [2.05, 4.69) is 10.1 Å². The van der Waals surface area contributed by atoms with E-state index in [1.165, 1.54) is 22.3 Å². The molecule has 4 heterocycles. The summed E-state index contributed by atoms with van der Waals surface area (Å²) >= 11 is 1.23. The van der Waals surface area contributed by atoms with Crippen molar-refractivity contribution in [1.29, 1.82) is 0 Å². The van der Waals surface area contributed by atoms with Crippen LogP contribution in [0.4, 0.5) is 0 Å². The summed E-state index contributed by atoms with van der Waals surface area (Å²) in [6, 6.07) is 3.31. The van der Waals surface area contributed by atoms with Gasteiger partial charge in [-0.05, 0) is 38.5 Å². The standard InChI is InChI=1S/C21H23N5O4S/c1-12-13(2)23-24(4)20(28)16(12)18-22-14(3)17(31-18)21(29)26-9-7-25(8-10-26)19(27)15-6-5-11-30-15/h5-6,11H,7-10H2,1-4H3. The molecule has 1 aliphatic heterocycles. The quantitative estimate of drug-likeness (QED) is 0.616. The fourth-order valence-electron chi connectivity index (χ4n) is 3.61. The second-order valence-corrected chi connectivity index (χ2v) is 8.51. The molecule has 2 amide bonds. The molecule has 9 nitrogen and oxygen atoms in total. The highest BCUT2D eigenvalue weighted by molar-refractivity contribution is 7.17. The van der Waals surface area contributed by atoms with Crippen molar-refractivity contribution in [2.24, 2.45) is 7.05 Å². The maximum atomic E-state index is 13.2. The molecule has 0 aliphatic carbocycles. The zero-order valence-electron chi connectivity index (χ0n) is 17.8. The molecule has 0 aromatic carbocycles. The number of aromatic nitrogens is 3. The fraction of sp³-hybridized carbons (Fsp3) is 0.381. The predicted octanol–water partition coefficient (Wildman–Crippen LogP) is 2.02. The number of hydrogen-bond acceptors (Lipinski definition) is 7. The maximum absolute atomic E-state index is 13.2. The number of carbonyl (C=O) groups is 2. The minimum atomic E-state index is -0.235. The third-order valence-electron chi connectivity index (χ3n) is 5.52. The highest BCUT2D eigenvalue weighted by Crippen LogP contribution is 2.29. The minimum Gasteiger partial charge on any atom is -0.459 e. The van der Waals surface area contributed by atoms with E-state index in [-0.39, 0.29) is 17.4 Å². The number of amides is 2. The summed E-state index contributed by atoms with van der Waals surface area (Å²) in [6.07, 6.45) is 1.47. The maximum Gasteiger partial charge on any atom is 0.289 e. The Morgan fingerprint density at radius 1 is 1.03 bits per heavy atom. The van der Waals surface area contributed by atoms with Crippen LogP contribution in [0, 0.1) is 20.8 Å². The molecule has 31 heavy (non-hydrogen) atoms. The number of nitrogens with zero attached hydrogens (tertiary/aromatic N) is 5. The number of hydrogen-bond donors (Lipinski definition) is 0. The van der Waals surface area contributed by atoms with Crippen LogP contribution in [0.5, 0.6) is 0 Å². The van der Waals surface area contributed by atoms with Crippen LogP contribution >= 0.6 is 11.3 Å². The first kappa shape index (κ1) is 21.0. The van der Waals surface area contributed by atoms with Gasteiger partial charge in [-0.1, -0.05) is 0 Å². The number of furan rings is 1. The van der Waals surface area contributed by atoms with Crippen molar-refractivity contribution < 1.29 is 14.0 Å². The number of thiazole rings is 1. The van der Waals surface area contributed by atoms with Crippen LogP contribution in [0.15, 0.2) is 27.6 Å². The molecule has 0 atom stereocenters. The summed E-state index contributed by atoms with van der Waals surface area (Å²) in [6.45, 7) is 7.16. The van der Waals surface area contributed by atoms with E-state index in [4.69, 9.17) is 4.42 Å². The van der Waals surface area contributed by atoms with Gasteiger partial charge in [-0.15, -0.1) is 11.3 Å². The van der Waals surface area contributed by atoms with E-state index in [9.17, 15) is 14.4 Å². The molecule has 0 N–H and O–H groups in total. The Balaban J connectivity index is 1.53. The lowest BCUT2D eigenvalue weighted by atomic mass is 10.1. The molecule has 3 aromatic heterocycles. The van der Waals surface area contributed by atoms with Gasteiger partial charge in [0, 0.05) is 33.2 Å². The number of aryl methyl sites for hydroxylation is 3. The van der Waals surface area contributed by atoms with E-state index in [0.29, 0.717) is 53.1 Å². The fourth-order valence-corrected chi connectivity index (χ4v) is 4.74. The van der Waals surface area contributed by atoms with E-state index in [1.54, 1.807) is 35.9 Å². The smallest absolute Gasteiger partial charge is 0.289 e. The first-order valence-corrected chi connectivity index (χ1v) is 10.7. The normalized spacial score (nSPS) is 14.2. The molecule has 0 radical (unpaired) electrons. The Hall–Kier alpha value is -3.27. The first-order valence-electron chi connectivity index (χ1n) is 9.92. The van der Waals surface area contributed by atoms with E-state index < -0.39 is 0 Å². The van der Waals surface area contributed by atoms with Crippen molar-refractivity contribution in [3.63, 3.8) is 0 Å². The minimum absolute atomic E-state index is 0.133. The Kier molecular flexibility index (Phi) is 5.48. The van der Waals surface area contributed by atoms with Gasteiger partial charge in [0.2, 0.25) is 0 Å². The SMILES string of the molecule is Cc1nc(-c2c(C)c(C)nn(C)c2=O)sc1C(=O)N1CCN(C(=O)c2ccco2)CC1. The van der Waals surface area contributed by atoms with Gasteiger partial charge < -0.3 is 14.2 Å². The predicted molar refractivity (Wildman–Crippen MR) is 115 cm³/mol. The zero-order chi connectivity index (χ0) is 22.3. The summed E-state index contributed by atoms with van der Waals surface area (Å²) in [7, 11) is 1.61. The molecule has 3 aromatic rings. The summed E-state index contributed by atoms with van der Waals surface area (Å²) in [4.78, 5) is 46.7. The molecule has 1 saturated heterocycles.